The average molecular weight is 319 g/mol. The summed E-state index contributed by atoms with van der Waals surface area (Å²) in [5, 5.41) is 6.88. The van der Waals surface area contributed by atoms with Gasteiger partial charge in [-0.2, -0.15) is 5.10 Å². The normalized spacial score (nSPS) is 23.7. The van der Waals surface area contributed by atoms with Crippen LogP contribution in [-0.4, -0.2) is 63.6 Å². The molecule has 1 atom stereocenters. The molecule has 3 rings (SSSR count). The minimum absolute atomic E-state index is 0.309. The maximum Gasteiger partial charge on any atom is 0.222 e. The van der Waals surface area contributed by atoms with Crippen molar-refractivity contribution in [1.82, 2.24) is 25.0 Å². The van der Waals surface area contributed by atoms with Gasteiger partial charge in [0.2, 0.25) is 5.91 Å². The summed E-state index contributed by atoms with van der Waals surface area (Å²) in [5.74, 6) is 1.55. The summed E-state index contributed by atoms with van der Waals surface area (Å²) in [6.45, 7) is 5.19. The van der Waals surface area contributed by atoms with Crippen LogP contribution in [0.25, 0.3) is 0 Å². The third kappa shape index (κ3) is 4.77. The Balaban J connectivity index is 1.40. The quantitative estimate of drug-likeness (QED) is 0.903. The van der Waals surface area contributed by atoms with E-state index in [0.717, 1.165) is 44.7 Å². The number of hydrogen-bond donors (Lipinski definition) is 1. The minimum Gasteiger partial charge on any atom is -0.342 e. The first kappa shape index (κ1) is 16.4. The highest BCUT2D eigenvalue weighted by Gasteiger charge is 2.26. The highest BCUT2D eigenvalue weighted by atomic mass is 16.2. The molecule has 128 valence electrons. The molecular weight excluding hydrogens is 290 g/mol. The molecule has 1 aromatic heterocycles. The van der Waals surface area contributed by atoms with Gasteiger partial charge in [-0.1, -0.05) is 12.8 Å². The predicted molar refractivity (Wildman–Crippen MR) is 89.1 cm³/mol. The van der Waals surface area contributed by atoms with E-state index in [1.165, 1.54) is 38.8 Å². The van der Waals surface area contributed by atoms with E-state index in [1.54, 1.807) is 6.33 Å². The summed E-state index contributed by atoms with van der Waals surface area (Å²) in [4.78, 5) is 21.3. The van der Waals surface area contributed by atoms with Crippen LogP contribution in [0.1, 0.15) is 63.1 Å². The highest BCUT2D eigenvalue weighted by molar-refractivity contribution is 5.76. The van der Waals surface area contributed by atoms with E-state index in [9.17, 15) is 4.79 Å². The Kier molecular flexibility index (Phi) is 6.02. The largest absolute Gasteiger partial charge is 0.342 e. The van der Waals surface area contributed by atoms with E-state index < -0.39 is 0 Å². The lowest BCUT2D eigenvalue weighted by molar-refractivity contribution is -0.132. The van der Waals surface area contributed by atoms with Crippen molar-refractivity contribution in [2.75, 3.05) is 32.7 Å². The van der Waals surface area contributed by atoms with Gasteiger partial charge in [0.05, 0.1) is 0 Å². The summed E-state index contributed by atoms with van der Waals surface area (Å²) >= 11 is 0. The molecule has 1 amide bonds. The molecule has 2 aliphatic rings. The van der Waals surface area contributed by atoms with Gasteiger partial charge in [0.1, 0.15) is 12.2 Å². The molecule has 23 heavy (non-hydrogen) atoms. The third-order valence-electron chi connectivity index (χ3n) is 5.16. The number of aromatic amines is 1. The number of piperidine rings is 1. The minimum atomic E-state index is 0.309. The van der Waals surface area contributed by atoms with E-state index in [0.29, 0.717) is 18.2 Å². The van der Waals surface area contributed by atoms with Crippen LogP contribution < -0.4 is 0 Å². The van der Waals surface area contributed by atoms with Gasteiger partial charge >= 0.3 is 0 Å². The van der Waals surface area contributed by atoms with Gasteiger partial charge < -0.3 is 9.80 Å². The Morgan fingerprint density at radius 3 is 2.74 bits per heavy atom. The number of nitrogens with zero attached hydrogens (tertiary/aromatic N) is 4. The summed E-state index contributed by atoms with van der Waals surface area (Å²) < 4.78 is 0. The summed E-state index contributed by atoms with van der Waals surface area (Å²) in [5.41, 5.74) is 0. The van der Waals surface area contributed by atoms with Crippen LogP contribution in [-0.2, 0) is 4.79 Å². The van der Waals surface area contributed by atoms with Gasteiger partial charge in [0.15, 0.2) is 0 Å². The fourth-order valence-electron chi connectivity index (χ4n) is 3.81. The molecule has 2 saturated heterocycles. The molecule has 0 aliphatic carbocycles. The molecule has 0 saturated carbocycles. The predicted octanol–water partition coefficient (Wildman–Crippen LogP) is 2.17. The van der Waals surface area contributed by atoms with Crippen molar-refractivity contribution >= 4 is 5.91 Å². The fourth-order valence-corrected chi connectivity index (χ4v) is 3.81. The smallest absolute Gasteiger partial charge is 0.222 e. The summed E-state index contributed by atoms with van der Waals surface area (Å²) in [6, 6.07) is 0. The first-order chi connectivity index (χ1) is 11.3. The number of nitrogens with one attached hydrogen (secondary N) is 1. The van der Waals surface area contributed by atoms with Crippen molar-refractivity contribution in [2.45, 2.75) is 57.3 Å². The first-order valence-electron chi connectivity index (χ1n) is 9.18. The van der Waals surface area contributed by atoms with E-state index in [-0.39, 0.29) is 0 Å². The average Bonchev–Trinajstić information content (AvgIpc) is 3.00. The maximum absolute atomic E-state index is 12.5. The second-order valence-electron chi connectivity index (χ2n) is 6.91. The van der Waals surface area contributed by atoms with Crippen LogP contribution in [0, 0.1) is 0 Å². The Morgan fingerprint density at radius 1 is 1.17 bits per heavy atom. The Morgan fingerprint density at radius 2 is 2.00 bits per heavy atom. The molecule has 0 aromatic carbocycles. The van der Waals surface area contributed by atoms with Crippen molar-refractivity contribution in [2.24, 2.45) is 0 Å². The van der Waals surface area contributed by atoms with Crippen LogP contribution in [0.15, 0.2) is 6.33 Å². The van der Waals surface area contributed by atoms with E-state index in [2.05, 4.69) is 20.1 Å². The van der Waals surface area contributed by atoms with Gasteiger partial charge in [-0.25, -0.2) is 4.98 Å². The van der Waals surface area contributed by atoms with Gasteiger partial charge in [0, 0.05) is 25.4 Å². The number of rotatable bonds is 5. The van der Waals surface area contributed by atoms with Crippen molar-refractivity contribution in [3.63, 3.8) is 0 Å². The van der Waals surface area contributed by atoms with Crippen LogP contribution in [0.5, 0.6) is 0 Å². The molecule has 2 fully saturated rings. The molecule has 0 spiro atoms. The summed E-state index contributed by atoms with van der Waals surface area (Å²) in [6.07, 6.45) is 10.7. The molecule has 1 aromatic rings. The SMILES string of the molecule is O=C(CCCN1CCCCCC1)N1CCCC(c2ncn[nH]2)C1. The van der Waals surface area contributed by atoms with Crippen LogP contribution in [0.3, 0.4) is 0 Å². The molecule has 6 nitrogen and oxygen atoms in total. The topological polar surface area (TPSA) is 65.1 Å². The number of H-pyrrole nitrogens is 1. The van der Waals surface area contributed by atoms with Crippen molar-refractivity contribution in [1.29, 1.82) is 0 Å². The lowest BCUT2D eigenvalue weighted by Gasteiger charge is -2.32. The van der Waals surface area contributed by atoms with Crippen LogP contribution in [0.4, 0.5) is 0 Å². The highest BCUT2D eigenvalue weighted by Crippen LogP contribution is 2.24. The lowest BCUT2D eigenvalue weighted by Crippen LogP contribution is -2.39. The number of aromatic nitrogens is 3. The molecule has 0 radical (unpaired) electrons. The van der Waals surface area contributed by atoms with Crippen molar-refractivity contribution in [3.8, 4) is 0 Å². The number of hydrogen-bond acceptors (Lipinski definition) is 4. The number of amides is 1. The maximum atomic E-state index is 12.5. The van der Waals surface area contributed by atoms with Gasteiger partial charge in [-0.15, -0.1) is 0 Å². The molecule has 2 aliphatic heterocycles. The van der Waals surface area contributed by atoms with E-state index >= 15 is 0 Å². The Bertz CT molecular complexity index is 467. The lowest BCUT2D eigenvalue weighted by atomic mass is 9.97. The Labute approximate surface area is 138 Å². The summed E-state index contributed by atoms with van der Waals surface area (Å²) in [7, 11) is 0. The monoisotopic (exact) mass is 319 g/mol. The first-order valence-corrected chi connectivity index (χ1v) is 9.18. The van der Waals surface area contributed by atoms with Crippen LogP contribution >= 0.6 is 0 Å². The zero-order valence-electron chi connectivity index (χ0n) is 14.0. The number of carbonyl (C=O) groups is 1. The number of likely N-dealkylation sites (tertiary alicyclic amines) is 2. The second kappa shape index (κ2) is 8.43. The molecule has 1 unspecified atom stereocenters. The van der Waals surface area contributed by atoms with Gasteiger partial charge in [-0.3, -0.25) is 9.89 Å². The second-order valence-corrected chi connectivity index (χ2v) is 6.91. The van der Waals surface area contributed by atoms with E-state index in [4.69, 9.17) is 0 Å². The standard InChI is InChI=1S/C17H29N5O/c23-16(8-6-11-21-9-3-1-2-4-10-21)22-12-5-7-15(13-22)17-18-14-19-20-17/h14-15H,1-13H2,(H,18,19,20). The van der Waals surface area contributed by atoms with Gasteiger partial charge in [-0.05, 0) is 51.7 Å². The zero-order chi connectivity index (χ0) is 15.9. The fraction of sp³-hybridized carbons (Fsp3) is 0.824. The molecule has 1 N–H and O–H groups in total. The van der Waals surface area contributed by atoms with Crippen molar-refractivity contribution in [3.05, 3.63) is 12.2 Å². The van der Waals surface area contributed by atoms with E-state index in [1.807, 2.05) is 4.90 Å². The Hall–Kier alpha value is -1.43. The van der Waals surface area contributed by atoms with Gasteiger partial charge in [0.25, 0.3) is 0 Å². The van der Waals surface area contributed by atoms with Crippen molar-refractivity contribution < 1.29 is 4.79 Å². The third-order valence-corrected chi connectivity index (χ3v) is 5.16. The zero-order valence-corrected chi connectivity index (χ0v) is 14.0. The molecule has 0 bridgehead atoms. The molecule has 3 heterocycles. The molecule has 6 heteroatoms. The number of carbonyl (C=O) groups excluding carboxylic acids is 1. The van der Waals surface area contributed by atoms with Crippen LogP contribution in [0.2, 0.25) is 0 Å². The molecular formula is C17H29N5O.